The molecule has 0 bridgehead atoms. The second-order valence-corrected chi connectivity index (χ2v) is 13.3. The zero-order valence-electron chi connectivity index (χ0n) is 24.0. The number of fused-ring (bicyclic) bond motifs is 3. The number of rotatable bonds is 5. The predicted octanol–water partition coefficient (Wildman–Crippen LogP) is 6.31. The van der Waals surface area contributed by atoms with Crippen LogP contribution in [0.3, 0.4) is 0 Å². The molecule has 224 valence electrons. The largest absolute Gasteiger partial charge is 0.495 e. The van der Waals surface area contributed by atoms with Crippen LogP contribution in [0.5, 0.6) is 5.75 Å². The maximum absolute atomic E-state index is 16.1. The van der Waals surface area contributed by atoms with E-state index in [4.69, 9.17) is 27.9 Å². The summed E-state index contributed by atoms with van der Waals surface area (Å²) < 4.78 is 21.6. The molecule has 4 atom stereocenters. The zero-order chi connectivity index (χ0) is 31.0. The van der Waals surface area contributed by atoms with Crippen LogP contribution in [0.25, 0.3) is 0 Å². The van der Waals surface area contributed by atoms with Crippen LogP contribution in [0.1, 0.15) is 54.6 Å². The molecular weight excluding hydrogens is 596 g/mol. The lowest BCUT2D eigenvalue weighted by molar-refractivity contribution is -0.122. The number of nitrogens with zero attached hydrogens (tertiary/aromatic N) is 2. The van der Waals surface area contributed by atoms with Gasteiger partial charge >= 0.3 is 5.97 Å². The number of carbonyl (C=O) groups is 3. The molecule has 0 radical (unpaired) electrons. The Morgan fingerprint density at radius 3 is 2.56 bits per heavy atom. The lowest BCUT2D eigenvalue weighted by Gasteiger charge is -2.40. The number of anilines is 2. The molecule has 2 saturated heterocycles. The standard InChI is InChI=1S/C32H30Cl2FN3O5/c1-31(2,3)14-24-32(19-10-9-17(33)13-21(19)36-30(32)42)25(18-6-5-7-20(34)26(18)35)27-28(39)37(15-38(24)27)22-11-8-16(29(40)41)12-23(22)43-4/h5-13,24-25,27H,14-15H2,1-4H3,(H,36,42)(H,40,41)/t24-,25-,27+,32+/m1/s1. The number of carboxylic acid groups (broad SMARTS) is 1. The third kappa shape index (κ3) is 4.39. The van der Waals surface area contributed by atoms with Crippen LogP contribution >= 0.6 is 23.2 Å². The van der Waals surface area contributed by atoms with Gasteiger partial charge in [-0.05, 0) is 59.4 Å². The van der Waals surface area contributed by atoms with E-state index in [1.807, 2.05) is 4.90 Å². The topological polar surface area (TPSA) is 99.2 Å². The van der Waals surface area contributed by atoms with Crippen molar-refractivity contribution in [1.29, 1.82) is 0 Å². The highest BCUT2D eigenvalue weighted by Crippen LogP contribution is 2.62. The number of aromatic carboxylic acids is 1. The Morgan fingerprint density at radius 2 is 1.88 bits per heavy atom. The highest BCUT2D eigenvalue weighted by molar-refractivity contribution is 6.31. The summed E-state index contributed by atoms with van der Waals surface area (Å²) in [5, 5.41) is 12.8. The summed E-state index contributed by atoms with van der Waals surface area (Å²) in [7, 11) is 1.40. The Kier molecular flexibility index (Phi) is 6.99. The summed E-state index contributed by atoms with van der Waals surface area (Å²) in [5.74, 6) is -3.26. The minimum atomic E-state index is -1.34. The van der Waals surface area contributed by atoms with Gasteiger partial charge in [0.1, 0.15) is 17.0 Å². The number of carboxylic acids is 1. The average Bonchev–Trinajstić information content (AvgIpc) is 3.52. The van der Waals surface area contributed by atoms with Crippen LogP contribution in [-0.4, -0.2) is 53.7 Å². The van der Waals surface area contributed by atoms with Crippen molar-refractivity contribution in [2.24, 2.45) is 5.41 Å². The van der Waals surface area contributed by atoms with Crippen LogP contribution in [0.15, 0.2) is 54.6 Å². The molecule has 2 amide bonds. The van der Waals surface area contributed by atoms with Crippen molar-refractivity contribution in [3.63, 3.8) is 0 Å². The fourth-order valence-corrected chi connectivity index (χ4v) is 7.55. The first-order valence-electron chi connectivity index (χ1n) is 13.8. The Morgan fingerprint density at radius 1 is 1.14 bits per heavy atom. The van der Waals surface area contributed by atoms with E-state index in [0.29, 0.717) is 28.4 Å². The van der Waals surface area contributed by atoms with E-state index in [-0.39, 0.29) is 45.8 Å². The van der Waals surface area contributed by atoms with Crippen LogP contribution in [-0.2, 0) is 15.0 Å². The van der Waals surface area contributed by atoms with E-state index in [1.54, 1.807) is 30.3 Å². The molecule has 0 aromatic heterocycles. The third-order valence-electron chi connectivity index (χ3n) is 8.80. The number of amides is 2. The molecule has 3 aliphatic rings. The monoisotopic (exact) mass is 625 g/mol. The molecule has 0 unspecified atom stereocenters. The Labute approximate surface area is 258 Å². The first kappa shape index (κ1) is 29.4. The predicted molar refractivity (Wildman–Crippen MR) is 162 cm³/mol. The van der Waals surface area contributed by atoms with E-state index in [0.717, 1.165) is 0 Å². The summed E-state index contributed by atoms with van der Waals surface area (Å²) in [6.07, 6.45) is 0.494. The molecule has 3 aromatic carbocycles. The van der Waals surface area contributed by atoms with Crippen molar-refractivity contribution in [3.05, 3.63) is 87.2 Å². The van der Waals surface area contributed by atoms with Gasteiger partial charge in [-0.15, -0.1) is 0 Å². The fourth-order valence-electron chi connectivity index (χ4n) is 7.20. The maximum Gasteiger partial charge on any atom is 0.335 e. The van der Waals surface area contributed by atoms with Gasteiger partial charge in [0.25, 0.3) is 0 Å². The van der Waals surface area contributed by atoms with E-state index >= 15 is 4.39 Å². The van der Waals surface area contributed by atoms with Crippen LogP contribution in [0, 0.1) is 11.2 Å². The summed E-state index contributed by atoms with van der Waals surface area (Å²) in [6.45, 7) is 6.25. The highest BCUT2D eigenvalue weighted by Gasteiger charge is 2.71. The Hall–Kier alpha value is -3.66. The Balaban J connectivity index is 1.60. The van der Waals surface area contributed by atoms with Gasteiger partial charge in [0, 0.05) is 22.7 Å². The third-order valence-corrected chi connectivity index (χ3v) is 9.33. The highest BCUT2D eigenvalue weighted by atomic mass is 35.5. The molecule has 2 fully saturated rings. The number of ether oxygens (including phenoxy) is 1. The molecule has 1 spiro atoms. The lowest BCUT2D eigenvalue weighted by Crippen LogP contribution is -2.52. The SMILES string of the molecule is COc1cc(C(=O)O)ccc1N1CN2[C@H](C1=O)[C@@H](c1cccc(Cl)c1F)[C@@]1(C(=O)Nc3cc(Cl)ccc31)[C@H]2CC(C)(C)C. The van der Waals surface area contributed by atoms with Gasteiger partial charge in [-0.1, -0.05) is 62.2 Å². The first-order chi connectivity index (χ1) is 20.3. The van der Waals surface area contributed by atoms with E-state index in [1.165, 1.54) is 36.3 Å². The average molecular weight is 627 g/mol. The molecule has 0 aliphatic carbocycles. The van der Waals surface area contributed by atoms with Crippen molar-refractivity contribution in [3.8, 4) is 5.75 Å². The van der Waals surface area contributed by atoms with Crippen LogP contribution < -0.4 is 15.0 Å². The van der Waals surface area contributed by atoms with Gasteiger partial charge in [-0.2, -0.15) is 0 Å². The number of hydrogen-bond donors (Lipinski definition) is 2. The molecule has 3 aliphatic heterocycles. The number of carbonyl (C=O) groups excluding carboxylic acids is 2. The number of hydrogen-bond acceptors (Lipinski definition) is 5. The minimum Gasteiger partial charge on any atom is -0.495 e. The minimum absolute atomic E-state index is 0.00841. The molecule has 6 rings (SSSR count). The van der Waals surface area contributed by atoms with Gasteiger partial charge in [0.2, 0.25) is 11.8 Å². The van der Waals surface area contributed by atoms with Gasteiger partial charge < -0.3 is 15.2 Å². The van der Waals surface area contributed by atoms with Crippen molar-refractivity contribution in [2.75, 3.05) is 24.0 Å². The molecule has 3 heterocycles. The first-order valence-corrected chi connectivity index (χ1v) is 14.6. The zero-order valence-corrected chi connectivity index (χ0v) is 25.5. The molecule has 8 nitrogen and oxygen atoms in total. The van der Waals surface area contributed by atoms with E-state index in [2.05, 4.69) is 26.1 Å². The molecule has 3 aromatic rings. The molecule has 0 saturated carbocycles. The second kappa shape index (κ2) is 10.2. The van der Waals surface area contributed by atoms with Gasteiger partial charge in [0.05, 0.1) is 36.1 Å². The summed E-state index contributed by atoms with van der Waals surface area (Å²) in [4.78, 5) is 44.1. The summed E-state index contributed by atoms with van der Waals surface area (Å²) >= 11 is 12.6. The Bertz CT molecular complexity index is 1690. The maximum atomic E-state index is 16.1. The van der Waals surface area contributed by atoms with Crippen LogP contribution in [0.2, 0.25) is 10.0 Å². The van der Waals surface area contributed by atoms with Crippen molar-refractivity contribution in [1.82, 2.24) is 4.90 Å². The normalized spacial score (nSPS) is 24.8. The summed E-state index contributed by atoms with van der Waals surface area (Å²) in [5.41, 5.74) is 0.0927. The van der Waals surface area contributed by atoms with Crippen molar-refractivity contribution < 1.29 is 28.6 Å². The molecule has 11 heteroatoms. The number of benzene rings is 3. The van der Waals surface area contributed by atoms with Gasteiger partial charge in [-0.3, -0.25) is 19.4 Å². The van der Waals surface area contributed by atoms with Crippen molar-refractivity contribution in [2.45, 2.75) is 50.6 Å². The number of methoxy groups -OCH3 is 1. The van der Waals surface area contributed by atoms with E-state index in [9.17, 15) is 19.5 Å². The second-order valence-electron chi connectivity index (χ2n) is 12.5. The summed E-state index contributed by atoms with van der Waals surface area (Å²) in [6, 6.07) is 12.6. The number of nitrogens with one attached hydrogen (secondary N) is 1. The van der Waals surface area contributed by atoms with E-state index < -0.39 is 35.2 Å². The van der Waals surface area contributed by atoms with Crippen molar-refractivity contribution >= 4 is 52.4 Å². The molecule has 43 heavy (non-hydrogen) atoms. The van der Waals surface area contributed by atoms with Crippen LogP contribution in [0.4, 0.5) is 15.8 Å². The number of halogens is 3. The smallest absolute Gasteiger partial charge is 0.335 e. The van der Waals surface area contributed by atoms with Gasteiger partial charge in [0.15, 0.2) is 0 Å². The molecular formula is C32H30Cl2FN3O5. The lowest BCUT2D eigenvalue weighted by atomic mass is 9.62. The quantitative estimate of drug-likeness (QED) is 0.345. The molecule has 2 N–H and O–H groups in total. The fraction of sp³-hybridized carbons (Fsp3) is 0.344. The van der Waals surface area contributed by atoms with Gasteiger partial charge in [-0.25, -0.2) is 9.18 Å².